The average Bonchev–Trinajstić information content (AvgIpc) is 2.49. The normalized spacial score (nSPS) is 11.6. The van der Waals surface area contributed by atoms with Gasteiger partial charge in [-0.2, -0.15) is 0 Å². The molecular weight excluding hydrogens is 268 g/mol. The predicted octanol–water partition coefficient (Wildman–Crippen LogP) is 1.90. The molecule has 1 rings (SSSR count). The van der Waals surface area contributed by atoms with Gasteiger partial charge in [0.05, 0.1) is 7.11 Å². The molecule has 1 amide bonds. The first-order valence-electron chi connectivity index (χ1n) is 7.23. The lowest BCUT2D eigenvalue weighted by atomic mass is 10.0. The zero-order chi connectivity index (χ0) is 15.8. The number of carbonyl (C=O) groups excluding carboxylic acids is 2. The van der Waals surface area contributed by atoms with Crippen LogP contribution in [0.1, 0.15) is 31.9 Å². The molecular formula is C16H24N2O3. The molecule has 2 N–H and O–H groups in total. The summed E-state index contributed by atoms with van der Waals surface area (Å²) in [6.07, 6.45) is 1.80. The van der Waals surface area contributed by atoms with E-state index in [-0.39, 0.29) is 5.91 Å². The molecule has 0 aromatic heterocycles. The van der Waals surface area contributed by atoms with Crippen LogP contribution in [0.2, 0.25) is 0 Å². The maximum atomic E-state index is 11.7. The van der Waals surface area contributed by atoms with Crippen molar-refractivity contribution < 1.29 is 14.3 Å². The molecule has 0 bridgehead atoms. The number of amides is 1. The van der Waals surface area contributed by atoms with E-state index >= 15 is 0 Å². The minimum absolute atomic E-state index is 0.258. The van der Waals surface area contributed by atoms with Crippen molar-refractivity contribution in [1.82, 2.24) is 5.32 Å². The first-order chi connectivity index (χ1) is 10.0. The predicted molar refractivity (Wildman–Crippen MR) is 83.3 cm³/mol. The Bertz CT molecular complexity index is 478. The van der Waals surface area contributed by atoms with E-state index in [0.717, 1.165) is 18.5 Å². The number of aryl methyl sites for hydroxylation is 2. The first kappa shape index (κ1) is 17.0. The zero-order valence-electron chi connectivity index (χ0n) is 13.2. The molecule has 1 atom stereocenters. The maximum Gasteiger partial charge on any atom is 0.330 e. The van der Waals surface area contributed by atoms with Gasteiger partial charge in [-0.3, -0.25) is 4.79 Å². The van der Waals surface area contributed by atoms with Crippen molar-refractivity contribution in [2.24, 2.45) is 0 Å². The van der Waals surface area contributed by atoms with Crippen LogP contribution >= 0.6 is 0 Å². The molecule has 0 saturated heterocycles. The fraction of sp³-hybridized carbons (Fsp3) is 0.500. The SMILES string of the molecule is CCc1cccc(CC)c1NCC(NC(C)=O)C(=O)OC. The molecule has 0 aliphatic heterocycles. The summed E-state index contributed by atoms with van der Waals surface area (Å²) in [5, 5.41) is 5.89. The Labute approximate surface area is 126 Å². The van der Waals surface area contributed by atoms with Gasteiger partial charge in [0.25, 0.3) is 0 Å². The van der Waals surface area contributed by atoms with E-state index in [4.69, 9.17) is 4.74 Å². The van der Waals surface area contributed by atoms with Crippen LogP contribution in [0, 0.1) is 0 Å². The van der Waals surface area contributed by atoms with Gasteiger partial charge in [0, 0.05) is 19.2 Å². The number of esters is 1. The van der Waals surface area contributed by atoms with Crippen LogP contribution in [-0.4, -0.2) is 31.6 Å². The Hall–Kier alpha value is -2.04. The standard InChI is InChI=1S/C16H24N2O3/c1-5-12-8-7-9-13(6-2)15(12)17-10-14(16(20)21-4)18-11(3)19/h7-9,14,17H,5-6,10H2,1-4H3,(H,18,19). The summed E-state index contributed by atoms with van der Waals surface area (Å²) in [6, 6.07) is 5.47. The number of methoxy groups -OCH3 is 1. The van der Waals surface area contributed by atoms with Gasteiger partial charge in [0.1, 0.15) is 6.04 Å². The van der Waals surface area contributed by atoms with E-state index in [0.29, 0.717) is 6.54 Å². The highest BCUT2D eigenvalue weighted by atomic mass is 16.5. The summed E-state index contributed by atoms with van der Waals surface area (Å²) in [5.41, 5.74) is 3.43. The quantitative estimate of drug-likeness (QED) is 0.753. The van der Waals surface area contributed by atoms with Gasteiger partial charge in [-0.05, 0) is 24.0 Å². The van der Waals surface area contributed by atoms with Crippen LogP contribution in [0.25, 0.3) is 0 Å². The second-order valence-electron chi connectivity index (χ2n) is 4.82. The summed E-state index contributed by atoms with van der Waals surface area (Å²) in [4.78, 5) is 22.9. The second kappa shape index (κ2) is 8.29. The summed E-state index contributed by atoms with van der Waals surface area (Å²) in [6.45, 7) is 5.86. The minimum Gasteiger partial charge on any atom is -0.467 e. The van der Waals surface area contributed by atoms with Crippen molar-refractivity contribution >= 4 is 17.6 Å². The van der Waals surface area contributed by atoms with Crippen LogP contribution < -0.4 is 10.6 Å². The molecule has 21 heavy (non-hydrogen) atoms. The highest BCUT2D eigenvalue weighted by Gasteiger charge is 2.20. The van der Waals surface area contributed by atoms with Crippen molar-refractivity contribution in [2.45, 2.75) is 39.7 Å². The van der Waals surface area contributed by atoms with E-state index in [9.17, 15) is 9.59 Å². The van der Waals surface area contributed by atoms with Crippen molar-refractivity contribution in [1.29, 1.82) is 0 Å². The monoisotopic (exact) mass is 292 g/mol. The molecule has 0 aliphatic rings. The molecule has 1 aromatic rings. The fourth-order valence-electron chi connectivity index (χ4n) is 2.25. The van der Waals surface area contributed by atoms with Gasteiger partial charge in [-0.25, -0.2) is 4.79 Å². The molecule has 1 aromatic carbocycles. The lowest BCUT2D eigenvalue weighted by molar-refractivity contribution is -0.144. The van der Waals surface area contributed by atoms with Crippen LogP contribution in [-0.2, 0) is 27.2 Å². The molecule has 0 fully saturated rings. The lowest BCUT2D eigenvalue weighted by Crippen LogP contribution is -2.45. The second-order valence-corrected chi connectivity index (χ2v) is 4.82. The summed E-state index contributed by atoms with van der Waals surface area (Å²) in [7, 11) is 1.31. The summed E-state index contributed by atoms with van der Waals surface area (Å²) in [5.74, 6) is -0.712. The third-order valence-corrected chi connectivity index (χ3v) is 3.35. The van der Waals surface area contributed by atoms with E-state index in [1.165, 1.54) is 25.2 Å². The number of benzene rings is 1. The number of ether oxygens (including phenoxy) is 1. The Kier molecular flexibility index (Phi) is 6.72. The molecule has 5 heteroatoms. The fourth-order valence-corrected chi connectivity index (χ4v) is 2.25. The molecule has 5 nitrogen and oxygen atoms in total. The molecule has 0 aliphatic carbocycles. The summed E-state index contributed by atoms with van der Waals surface area (Å²) < 4.78 is 4.72. The largest absolute Gasteiger partial charge is 0.467 e. The lowest BCUT2D eigenvalue weighted by Gasteiger charge is -2.20. The van der Waals surface area contributed by atoms with Gasteiger partial charge in [0.2, 0.25) is 5.91 Å². The van der Waals surface area contributed by atoms with Gasteiger partial charge in [0.15, 0.2) is 0 Å². The highest BCUT2D eigenvalue weighted by Crippen LogP contribution is 2.22. The van der Waals surface area contributed by atoms with E-state index < -0.39 is 12.0 Å². The van der Waals surface area contributed by atoms with E-state index in [2.05, 4.69) is 36.6 Å². The molecule has 0 saturated carbocycles. The van der Waals surface area contributed by atoms with Gasteiger partial charge in [-0.15, -0.1) is 0 Å². The number of para-hydroxylation sites is 1. The van der Waals surface area contributed by atoms with Crippen molar-refractivity contribution in [3.8, 4) is 0 Å². The highest BCUT2D eigenvalue weighted by molar-refractivity contribution is 5.83. The number of hydrogen-bond acceptors (Lipinski definition) is 4. The van der Waals surface area contributed by atoms with Crippen LogP contribution in [0.5, 0.6) is 0 Å². The minimum atomic E-state index is -0.692. The molecule has 0 spiro atoms. The van der Waals surface area contributed by atoms with E-state index in [1.54, 1.807) is 0 Å². The van der Waals surface area contributed by atoms with Crippen LogP contribution in [0.15, 0.2) is 18.2 Å². The number of rotatable bonds is 7. The summed E-state index contributed by atoms with van der Waals surface area (Å²) >= 11 is 0. The Morgan fingerprint density at radius 1 is 1.19 bits per heavy atom. The third kappa shape index (κ3) is 4.77. The topological polar surface area (TPSA) is 67.4 Å². The van der Waals surface area contributed by atoms with Crippen LogP contribution in [0.3, 0.4) is 0 Å². The third-order valence-electron chi connectivity index (χ3n) is 3.35. The number of anilines is 1. The van der Waals surface area contributed by atoms with E-state index in [1.807, 2.05) is 6.07 Å². The Morgan fingerprint density at radius 2 is 1.76 bits per heavy atom. The van der Waals surface area contributed by atoms with Crippen molar-refractivity contribution in [3.63, 3.8) is 0 Å². The zero-order valence-corrected chi connectivity index (χ0v) is 13.2. The number of carbonyl (C=O) groups is 2. The first-order valence-corrected chi connectivity index (χ1v) is 7.23. The van der Waals surface area contributed by atoms with Crippen LogP contribution in [0.4, 0.5) is 5.69 Å². The Morgan fingerprint density at radius 3 is 2.19 bits per heavy atom. The molecule has 116 valence electrons. The maximum absolute atomic E-state index is 11.7. The average molecular weight is 292 g/mol. The molecule has 0 radical (unpaired) electrons. The van der Waals surface area contributed by atoms with Crippen molar-refractivity contribution in [2.75, 3.05) is 19.0 Å². The van der Waals surface area contributed by atoms with Crippen molar-refractivity contribution in [3.05, 3.63) is 29.3 Å². The van der Waals surface area contributed by atoms with Gasteiger partial charge < -0.3 is 15.4 Å². The molecule has 1 unspecified atom stereocenters. The van der Waals surface area contributed by atoms with Gasteiger partial charge in [-0.1, -0.05) is 32.0 Å². The number of hydrogen-bond donors (Lipinski definition) is 2. The smallest absolute Gasteiger partial charge is 0.330 e. The van der Waals surface area contributed by atoms with Gasteiger partial charge >= 0.3 is 5.97 Å². The molecule has 0 heterocycles. The number of nitrogens with one attached hydrogen (secondary N) is 2. The Balaban J connectivity index is 2.88.